The molecule has 186 valence electrons. The highest BCUT2D eigenvalue weighted by Crippen LogP contribution is 2.32. The van der Waals surface area contributed by atoms with Crippen LogP contribution in [0.2, 0.25) is 0 Å². The van der Waals surface area contributed by atoms with Crippen LogP contribution in [-0.4, -0.2) is 99.2 Å². The summed E-state index contributed by atoms with van der Waals surface area (Å²) in [4.78, 5) is 13.7. The van der Waals surface area contributed by atoms with Crippen molar-refractivity contribution in [1.29, 1.82) is 0 Å². The number of fused-ring (bicyclic) bond motifs is 1. The molecule has 10 heteroatoms. The number of aromatic nitrogens is 5. The maximum absolute atomic E-state index is 10.2. The third-order valence-corrected chi connectivity index (χ3v) is 7.13. The molecule has 0 radical (unpaired) electrons. The Labute approximate surface area is 209 Å². The van der Waals surface area contributed by atoms with E-state index in [1.54, 1.807) is 11.7 Å². The first kappa shape index (κ1) is 22.8. The van der Waals surface area contributed by atoms with Gasteiger partial charge >= 0.3 is 0 Å². The molecule has 2 aliphatic heterocycles. The highest BCUT2D eigenvalue weighted by atomic mass is 16.5. The lowest BCUT2D eigenvalue weighted by Gasteiger charge is -2.38. The monoisotopic (exact) mass is 486 g/mol. The molecule has 0 spiro atoms. The summed E-state index contributed by atoms with van der Waals surface area (Å²) in [6.07, 6.45) is 11.1. The molecule has 10 nitrogen and oxygen atoms in total. The number of rotatable bonds is 5. The van der Waals surface area contributed by atoms with Gasteiger partial charge in [0.05, 0.1) is 43.3 Å². The molecule has 0 aromatic carbocycles. The quantitative estimate of drug-likeness (QED) is 0.429. The Kier molecular flexibility index (Phi) is 6.00. The molecule has 4 aromatic heterocycles. The fourth-order valence-electron chi connectivity index (χ4n) is 5.22. The zero-order valence-corrected chi connectivity index (χ0v) is 20.5. The zero-order chi connectivity index (χ0) is 24.6. The summed E-state index contributed by atoms with van der Waals surface area (Å²) in [6, 6.07) is 6.50. The van der Waals surface area contributed by atoms with Crippen molar-refractivity contribution in [2.75, 3.05) is 51.3 Å². The number of aliphatic hydroxyl groups excluding tert-OH is 1. The first-order valence-corrected chi connectivity index (χ1v) is 12.2. The Morgan fingerprint density at radius 3 is 2.53 bits per heavy atom. The Morgan fingerprint density at radius 2 is 1.86 bits per heavy atom. The van der Waals surface area contributed by atoms with Gasteiger partial charge in [-0.3, -0.25) is 14.6 Å². The molecular weight excluding hydrogens is 456 g/mol. The molecule has 0 aliphatic carbocycles. The number of pyridine rings is 2. The molecule has 2 atom stereocenters. The Balaban J connectivity index is 1.29. The molecule has 2 aliphatic rings. The maximum atomic E-state index is 10.2. The average molecular weight is 487 g/mol. The smallest absolute Gasteiger partial charge is 0.128 e. The van der Waals surface area contributed by atoms with Crippen molar-refractivity contribution < 1.29 is 9.84 Å². The fraction of sp³-hybridized carbons (Fsp3) is 0.385. The summed E-state index contributed by atoms with van der Waals surface area (Å²) in [5, 5.41) is 19.1. The largest absolute Gasteiger partial charge is 0.389 e. The Morgan fingerprint density at radius 1 is 1.00 bits per heavy atom. The zero-order valence-electron chi connectivity index (χ0n) is 20.5. The number of aliphatic hydroxyl groups is 1. The molecule has 2 saturated heterocycles. The van der Waals surface area contributed by atoms with Crippen LogP contribution in [-0.2, 0) is 11.8 Å². The van der Waals surface area contributed by atoms with E-state index in [-0.39, 0.29) is 12.1 Å². The van der Waals surface area contributed by atoms with E-state index >= 15 is 0 Å². The van der Waals surface area contributed by atoms with Gasteiger partial charge in [-0.1, -0.05) is 0 Å². The van der Waals surface area contributed by atoms with E-state index in [1.807, 2.05) is 48.8 Å². The highest BCUT2D eigenvalue weighted by Gasteiger charge is 2.33. The molecule has 1 N–H and O–H groups in total. The predicted molar refractivity (Wildman–Crippen MR) is 139 cm³/mol. The number of ether oxygens (including phenoxy) is 1. The van der Waals surface area contributed by atoms with Crippen molar-refractivity contribution in [2.45, 2.75) is 12.1 Å². The van der Waals surface area contributed by atoms with Gasteiger partial charge in [0, 0.05) is 92.9 Å². The van der Waals surface area contributed by atoms with Gasteiger partial charge in [-0.05, 0) is 18.2 Å². The molecule has 4 aromatic rings. The summed E-state index contributed by atoms with van der Waals surface area (Å²) < 4.78 is 9.14. The van der Waals surface area contributed by atoms with Crippen LogP contribution < -0.4 is 4.90 Å². The molecule has 0 unspecified atom stereocenters. The van der Waals surface area contributed by atoms with Gasteiger partial charge in [-0.15, -0.1) is 0 Å². The normalized spacial score (nSPS) is 21.2. The first-order chi connectivity index (χ1) is 17.6. The van der Waals surface area contributed by atoms with Crippen LogP contribution in [0.5, 0.6) is 0 Å². The van der Waals surface area contributed by atoms with Gasteiger partial charge in [0.25, 0.3) is 0 Å². The lowest BCUT2D eigenvalue weighted by Crippen LogP contribution is -2.53. The highest BCUT2D eigenvalue weighted by molar-refractivity contribution is 5.97. The van der Waals surface area contributed by atoms with Crippen LogP contribution in [0, 0.1) is 0 Å². The number of nitrogens with zero attached hydrogens (tertiary/aromatic N) is 8. The minimum atomic E-state index is -0.389. The van der Waals surface area contributed by atoms with Crippen LogP contribution >= 0.6 is 0 Å². The first-order valence-electron chi connectivity index (χ1n) is 12.2. The van der Waals surface area contributed by atoms with Crippen molar-refractivity contribution in [2.24, 2.45) is 12.0 Å². The Bertz CT molecular complexity index is 1380. The summed E-state index contributed by atoms with van der Waals surface area (Å²) in [5.41, 5.74) is 6.08. The molecule has 0 bridgehead atoms. The summed E-state index contributed by atoms with van der Waals surface area (Å²) in [6.45, 7) is 4.56. The predicted octanol–water partition coefficient (Wildman–Crippen LogP) is 1.73. The molecule has 6 heterocycles. The second-order valence-electron chi connectivity index (χ2n) is 9.43. The van der Waals surface area contributed by atoms with Crippen LogP contribution in [0.25, 0.3) is 27.8 Å². The molecule has 2 fully saturated rings. The molecular formula is C26H30N8O2. The second-order valence-corrected chi connectivity index (χ2v) is 9.43. The van der Waals surface area contributed by atoms with Gasteiger partial charge in [-0.2, -0.15) is 10.2 Å². The fourth-order valence-corrected chi connectivity index (χ4v) is 5.22. The van der Waals surface area contributed by atoms with E-state index in [1.165, 1.54) is 0 Å². The standard InChI is InChI=1S/C26H30N8O2/c1-27-10-20-12-30-34-15-19(21-13-29-31(2)14-21)9-22(26(20)34)18-3-4-25(28-11-18)33-7-5-32(6-8-33)23-16-36-17-24(23)35/h3-4,9-15,23-24,35H,5-8,16-17H2,1-2H3/t23-,24-/m1/s1. The van der Waals surface area contributed by atoms with Crippen molar-refractivity contribution in [1.82, 2.24) is 29.3 Å². The molecule has 36 heavy (non-hydrogen) atoms. The topological polar surface area (TPSA) is 96.3 Å². The molecule has 6 rings (SSSR count). The van der Waals surface area contributed by atoms with E-state index in [0.717, 1.165) is 65.3 Å². The minimum absolute atomic E-state index is 0.105. The van der Waals surface area contributed by atoms with Crippen LogP contribution in [0.1, 0.15) is 5.56 Å². The van der Waals surface area contributed by atoms with Crippen molar-refractivity contribution in [3.63, 3.8) is 0 Å². The van der Waals surface area contributed by atoms with Crippen LogP contribution in [0.3, 0.4) is 0 Å². The third-order valence-electron chi connectivity index (χ3n) is 7.13. The van der Waals surface area contributed by atoms with Gasteiger partial charge in [0.2, 0.25) is 0 Å². The third kappa shape index (κ3) is 4.17. The van der Waals surface area contributed by atoms with E-state index in [4.69, 9.17) is 9.72 Å². The van der Waals surface area contributed by atoms with E-state index in [2.05, 4.69) is 43.2 Å². The maximum Gasteiger partial charge on any atom is 0.128 e. The van der Waals surface area contributed by atoms with Gasteiger partial charge in [-0.25, -0.2) is 9.50 Å². The van der Waals surface area contributed by atoms with Gasteiger partial charge < -0.3 is 14.7 Å². The molecule has 0 saturated carbocycles. The average Bonchev–Trinajstić information content (AvgIpc) is 3.64. The van der Waals surface area contributed by atoms with Crippen LogP contribution in [0.4, 0.5) is 5.82 Å². The Hall–Kier alpha value is -3.60. The lowest BCUT2D eigenvalue weighted by molar-refractivity contribution is 0.0784. The molecule has 0 amide bonds. The van der Waals surface area contributed by atoms with E-state index in [0.29, 0.717) is 13.2 Å². The number of piperazine rings is 1. The summed E-state index contributed by atoms with van der Waals surface area (Å²) in [7, 11) is 3.68. The van der Waals surface area contributed by atoms with Gasteiger partial charge in [0.15, 0.2) is 0 Å². The minimum Gasteiger partial charge on any atom is -0.389 e. The number of aryl methyl sites for hydroxylation is 1. The second kappa shape index (κ2) is 9.45. The lowest BCUT2D eigenvalue weighted by atomic mass is 10.0. The number of anilines is 1. The van der Waals surface area contributed by atoms with Gasteiger partial charge in [0.1, 0.15) is 5.82 Å². The number of hydrogen-bond donors (Lipinski definition) is 1. The SMILES string of the molecule is CN=Cc1cnn2cc(-c3cnn(C)c3)cc(-c3ccc(N4CCN([C@@H]5COC[C@H]5O)CC4)nc3)c12. The number of hydrogen-bond acceptors (Lipinski definition) is 8. The number of aliphatic imine (C=N–C) groups is 1. The van der Waals surface area contributed by atoms with Crippen molar-refractivity contribution >= 4 is 17.5 Å². The summed E-state index contributed by atoms with van der Waals surface area (Å²) in [5.74, 6) is 0.963. The van der Waals surface area contributed by atoms with Crippen LogP contribution in [0.15, 0.2) is 54.2 Å². The summed E-state index contributed by atoms with van der Waals surface area (Å²) >= 11 is 0. The van der Waals surface area contributed by atoms with E-state index in [9.17, 15) is 5.11 Å². The van der Waals surface area contributed by atoms with Crippen molar-refractivity contribution in [3.05, 3.63) is 54.7 Å². The van der Waals surface area contributed by atoms with Crippen molar-refractivity contribution in [3.8, 4) is 22.3 Å². The van der Waals surface area contributed by atoms with E-state index < -0.39 is 0 Å².